The molecule has 0 aliphatic rings. The van der Waals surface area contributed by atoms with Gasteiger partial charge in [-0.25, -0.2) is 23.4 Å². The van der Waals surface area contributed by atoms with Gasteiger partial charge in [0.2, 0.25) is 5.88 Å². The van der Waals surface area contributed by atoms with Gasteiger partial charge in [0.05, 0.1) is 29.1 Å². The van der Waals surface area contributed by atoms with E-state index in [0.29, 0.717) is 27.6 Å². The summed E-state index contributed by atoms with van der Waals surface area (Å²) in [6.07, 6.45) is 5.23. The van der Waals surface area contributed by atoms with Crippen molar-refractivity contribution in [3.8, 4) is 28.3 Å². The van der Waals surface area contributed by atoms with Gasteiger partial charge in [0.1, 0.15) is 5.52 Å². The molecule has 150 valence electrons. The Hall–Kier alpha value is -3.26. The third-order valence-electron chi connectivity index (χ3n) is 4.74. The maximum absolute atomic E-state index is 12.3. The van der Waals surface area contributed by atoms with Gasteiger partial charge in [0, 0.05) is 36.6 Å². The number of pyridine rings is 1. The molecule has 4 rings (SSSR count). The molecular weight excluding hydrogens is 388 g/mol. The average molecular weight is 410 g/mol. The molecular formula is C21H22N4O3S. The van der Waals surface area contributed by atoms with E-state index in [9.17, 15) is 8.42 Å². The molecule has 0 radical (unpaired) electrons. The average Bonchev–Trinajstić information content (AvgIpc) is 3.17. The van der Waals surface area contributed by atoms with Crippen LogP contribution in [0.4, 0.5) is 0 Å². The molecule has 0 saturated carbocycles. The molecule has 0 atom stereocenters. The molecule has 1 N–H and O–H groups in total. The fraction of sp³-hybridized carbons (Fsp3) is 0.190. The zero-order valence-corrected chi connectivity index (χ0v) is 17.1. The number of hydrogen-bond acceptors (Lipinski definition) is 6. The maximum atomic E-state index is 12.3. The van der Waals surface area contributed by atoms with E-state index in [1.54, 1.807) is 63.7 Å². The highest BCUT2D eigenvalue weighted by atomic mass is 32.2. The summed E-state index contributed by atoms with van der Waals surface area (Å²) in [5.74, 6) is 0.539. The number of ether oxygens (including phenoxy) is 1. The Morgan fingerprint density at radius 1 is 1.00 bits per heavy atom. The monoisotopic (exact) mass is 410 g/mol. The van der Waals surface area contributed by atoms with Crippen LogP contribution in [-0.2, 0) is 9.84 Å². The molecule has 0 unspecified atom stereocenters. The van der Waals surface area contributed by atoms with E-state index < -0.39 is 15.1 Å². The van der Waals surface area contributed by atoms with Gasteiger partial charge < -0.3 is 9.72 Å². The molecule has 0 spiro atoms. The lowest BCUT2D eigenvalue weighted by Crippen LogP contribution is -2.13. The summed E-state index contributed by atoms with van der Waals surface area (Å²) in [6.45, 7) is 3.34. The molecule has 0 aliphatic carbocycles. The summed E-state index contributed by atoms with van der Waals surface area (Å²) < 4.78 is 29.7. The minimum Gasteiger partial charge on any atom is -0.481 e. The van der Waals surface area contributed by atoms with E-state index in [4.69, 9.17) is 9.72 Å². The summed E-state index contributed by atoms with van der Waals surface area (Å²) in [7, 11) is -1.74. The Labute approximate surface area is 170 Å². The maximum Gasteiger partial charge on any atom is 0.212 e. The highest BCUT2D eigenvalue weighted by Crippen LogP contribution is 2.29. The summed E-state index contributed by atoms with van der Waals surface area (Å²) in [5, 5.41) is -0.468. The lowest BCUT2D eigenvalue weighted by molar-refractivity contribution is 0.398. The summed E-state index contributed by atoms with van der Waals surface area (Å²) >= 11 is 0. The Bertz CT molecular complexity index is 1270. The molecule has 0 saturated heterocycles. The Balaban J connectivity index is 0.00000256. The highest BCUT2D eigenvalue weighted by Gasteiger charge is 2.19. The number of methoxy groups -OCH3 is 1. The van der Waals surface area contributed by atoms with Gasteiger partial charge in [-0.3, -0.25) is 0 Å². The fourth-order valence-electron chi connectivity index (χ4n) is 3.00. The number of fused-ring (bicyclic) bond motifs is 1. The first-order chi connectivity index (χ1) is 13.9. The van der Waals surface area contributed by atoms with Crippen LogP contribution in [-0.4, -0.2) is 40.7 Å². The predicted octanol–water partition coefficient (Wildman–Crippen LogP) is 4.12. The van der Waals surface area contributed by atoms with Crippen LogP contribution in [0.15, 0.2) is 59.9 Å². The molecule has 7 nitrogen and oxygen atoms in total. The number of aromatic amines is 1. The molecule has 3 heterocycles. The first-order valence-corrected chi connectivity index (χ1v) is 10.6. The molecule has 0 amide bonds. The number of aromatic nitrogens is 4. The Kier molecular flexibility index (Phi) is 4.79. The van der Waals surface area contributed by atoms with E-state index in [1.165, 1.54) is 0 Å². The quantitative estimate of drug-likeness (QED) is 0.531. The zero-order valence-electron chi connectivity index (χ0n) is 16.2. The third-order valence-corrected chi connectivity index (χ3v) is 6.91. The van der Waals surface area contributed by atoms with Crippen LogP contribution in [0.2, 0.25) is 0 Å². The van der Waals surface area contributed by atoms with Crippen molar-refractivity contribution in [2.24, 2.45) is 0 Å². The van der Waals surface area contributed by atoms with Crippen LogP contribution in [0.1, 0.15) is 15.3 Å². The van der Waals surface area contributed by atoms with E-state index in [1.807, 2.05) is 12.3 Å². The Morgan fingerprint density at radius 3 is 2.34 bits per heavy atom. The van der Waals surface area contributed by atoms with Crippen LogP contribution in [0.25, 0.3) is 33.5 Å². The normalized spacial score (nSPS) is 11.9. The predicted molar refractivity (Wildman–Crippen MR) is 114 cm³/mol. The first kappa shape index (κ1) is 19.1. The lowest BCUT2D eigenvalue weighted by Gasteiger charge is -2.08. The lowest BCUT2D eigenvalue weighted by atomic mass is 10.1. The van der Waals surface area contributed by atoms with Gasteiger partial charge in [-0.15, -0.1) is 0 Å². The van der Waals surface area contributed by atoms with Gasteiger partial charge in [0.25, 0.3) is 0 Å². The van der Waals surface area contributed by atoms with Crippen LogP contribution in [0.5, 0.6) is 5.88 Å². The first-order valence-electron chi connectivity index (χ1n) is 9.09. The standard InChI is InChI=1S/C21H20N4O3S.H2/c1-13(2)29(26,27)16-7-4-14(5-8-16)18-12-24-21-20(25-18)17(11-23-21)15-6-9-19(28-3)22-10-15;/h4-13H,1-3H3,(H,23,24);1H. The van der Waals surface area contributed by atoms with Crippen molar-refractivity contribution < 1.29 is 14.6 Å². The summed E-state index contributed by atoms with van der Waals surface area (Å²) in [5.41, 5.74) is 4.60. The molecule has 29 heavy (non-hydrogen) atoms. The number of benzene rings is 1. The van der Waals surface area contributed by atoms with E-state index in [-0.39, 0.29) is 1.43 Å². The van der Waals surface area contributed by atoms with E-state index in [0.717, 1.165) is 16.7 Å². The SMILES string of the molecule is COc1ccc(-c2c[nH]c3ncc(-c4ccc(S(=O)(=O)C(C)C)cc4)nc23)cn1.[HH]. The van der Waals surface area contributed by atoms with Gasteiger partial charge >= 0.3 is 0 Å². The van der Waals surface area contributed by atoms with Crippen LogP contribution < -0.4 is 4.74 Å². The minimum absolute atomic E-state index is 0. The van der Waals surface area contributed by atoms with E-state index in [2.05, 4.69) is 15.0 Å². The van der Waals surface area contributed by atoms with Crippen molar-refractivity contribution >= 4 is 21.0 Å². The number of H-pyrrole nitrogens is 1. The number of nitrogens with one attached hydrogen (secondary N) is 1. The molecule has 0 bridgehead atoms. The smallest absolute Gasteiger partial charge is 0.212 e. The number of hydrogen-bond donors (Lipinski definition) is 1. The zero-order chi connectivity index (χ0) is 20.6. The molecule has 4 aromatic rings. The second-order valence-electron chi connectivity index (χ2n) is 6.86. The van der Waals surface area contributed by atoms with Crippen molar-refractivity contribution in [2.75, 3.05) is 7.11 Å². The third kappa shape index (κ3) is 3.47. The minimum atomic E-state index is -3.31. The molecule has 8 heteroatoms. The molecule has 0 fully saturated rings. The fourth-order valence-corrected chi connectivity index (χ4v) is 4.06. The van der Waals surface area contributed by atoms with Gasteiger partial charge in [0.15, 0.2) is 15.5 Å². The molecule has 1 aromatic carbocycles. The largest absolute Gasteiger partial charge is 0.481 e. The van der Waals surface area contributed by atoms with Gasteiger partial charge in [-0.2, -0.15) is 0 Å². The highest BCUT2D eigenvalue weighted by molar-refractivity contribution is 7.92. The molecule has 0 aliphatic heterocycles. The second-order valence-corrected chi connectivity index (χ2v) is 9.37. The number of sulfone groups is 1. The van der Waals surface area contributed by atoms with Crippen LogP contribution in [0, 0.1) is 0 Å². The topological polar surface area (TPSA) is 97.8 Å². The van der Waals surface area contributed by atoms with Crippen molar-refractivity contribution in [3.63, 3.8) is 0 Å². The van der Waals surface area contributed by atoms with Gasteiger partial charge in [-0.1, -0.05) is 12.1 Å². The van der Waals surface area contributed by atoms with Crippen LogP contribution in [0.3, 0.4) is 0 Å². The second kappa shape index (κ2) is 7.29. The number of nitrogens with zero attached hydrogens (tertiary/aromatic N) is 3. The molecule has 3 aromatic heterocycles. The van der Waals surface area contributed by atoms with Crippen molar-refractivity contribution in [2.45, 2.75) is 24.0 Å². The van der Waals surface area contributed by atoms with Crippen molar-refractivity contribution in [1.29, 1.82) is 0 Å². The van der Waals surface area contributed by atoms with Gasteiger partial charge in [-0.05, 0) is 32.0 Å². The van der Waals surface area contributed by atoms with Crippen LogP contribution >= 0.6 is 0 Å². The summed E-state index contributed by atoms with van der Waals surface area (Å²) in [4.78, 5) is 16.9. The summed E-state index contributed by atoms with van der Waals surface area (Å²) in [6, 6.07) is 10.4. The van der Waals surface area contributed by atoms with Crippen molar-refractivity contribution in [3.05, 3.63) is 55.0 Å². The number of rotatable bonds is 5. The van der Waals surface area contributed by atoms with E-state index >= 15 is 0 Å². The van der Waals surface area contributed by atoms with Crippen molar-refractivity contribution in [1.82, 2.24) is 19.9 Å². The Morgan fingerprint density at radius 2 is 1.72 bits per heavy atom.